The van der Waals surface area contributed by atoms with Crippen LogP contribution in [0.2, 0.25) is 0 Å². The molecular weight excluding hydrogens is 266 g/mol. The molecular formula is C16H27N3O2. The van der Waals surface area contributed by atoms with Crippen LogP contribution in [0.5, 0.6) is 0 Å². The fraction of sp³-hybridized carbons (Fsp3) is 0.625. The Morgan fingerprint density at radius 3 is 2.62 bits per heavy atom. The first kappa shape index (κ1) is 17.4. The largest absolute Gasteiger partial charge is 0.389 e. The number of aromatic nitrogens is 1. The summed E-state index contributed by atoms with van der Waals surface area (Å²) in [5.74, 6) is -0.106. The highest BCUT2D eigenvalue weighted by Crippen LogP contribution is 2.19. The molecule has 0 aliphatic carbocycles. The van der Waals surface area contributed by atoms with E-state index in [9.17, 15) is 9.90 Å². The van der Waals surface area contributed by atoms with E-state index in [0.717, 1.165) is 24.3 Å². The molecule has 0 aromatic carbocycles. The molecule has 1 amide bonds. The first-order chi connectivity index (χ1) is 9.78. The molecule has 0 atom stereocenters. The van der Waals surface area contributed by atoms with E-state index < -0.39 is 5.60 Å². The van der Waals surface area contributed by atoms with Gasteiger partial charge in [0.15, 0.2) is 0 Å². The number of anilines is 1. The van der Waals surface area contributed by atoms with Crippen molar-refractivity contribution in [2.45, 2.75) is 46.6 Å². The van der Waals surface area contributed by atoms with Crippen molar-refractivity contribution in [2.75, 3.05) is 25.0 Å². The van der Waals surface area contributed by atoms with Crippen molar-refractivity contribution in [3.8, 4) is 0 Å². The van der Waals surface area contributed by atoms with Crippen LogP contribution in [0.15, 0.2) is 12.3 Å². The summed E-state index contributed by atoms with van der Waals surface area (Å²) in [7, 11) is 0. The third-order valence-corrected chi connectivity index (χ3v) is 3.08. The molecule has 0 aliphatic rings. The van der Waals surface area contributed by atoms with E-state index in [1.165, 1.54) is 0 Å². The molecule has 0 unspecified atom stereocenters. The van der Waals surface area contributed by atoms with E-state index in [4.69, 9.17) is 0 Å². The summed E-state index contributed by atoms with van der Waals surface area (Å²) >= 11 is 0. The van der Waals surface area contributed by atoms with Crippen molar-refractivity contribution in [3.63, 3.8) is 0 Å². The van der Waals surface area contributed by atoms with Gasteiger partial charge in [-0.1, -0.05) is 6.92 Å². The van der Waals surface area contributed by atoms with E-state index in [1.807, 2.05) is 19.9 Å². The van der Waals surface area contributed by atoms with Gasteiger partial charge >= 0.3 is 0 Å². The van der Waals surface area contributed by atoms with Crippen LogP contribution in [0.25, 0.3) is 0 Å². The maximum atomic E-state index is 12.7. The molecule has 0 fully saturated rings. The van der Waals surface area contributed by atoms with Crippen LogP contribution < -0.4 is 5.32 Å². The third kappa shape index (κ3) is 5.34. The molecule has 5 nitrogen and oxygen atoms in total. The maximum Gasteiger partial charge on any atom is 0.257 e. The summed E-state index contributed by atoms with van der Waals surface area (Å²) in [6.07, 6.45) is 2.60. The summed E-state index contributed by atoms with van der Waals surface area (Å²) in [5, 5.41) is 13.2. The SMILES string of the molecule is CCCNc1cc(C)ncc1C(=O)N(CC)CC(C)(C)O. The third-order valence-electron chi connectivity index (χ3n) is 3.08. The second-order valence-electron chi connectivity index (χ2n) is 5.93. The van der Waals surface area contributed by atoms with Crippen LogP contribution in [0.3, 0.4) is 0 Å². The number of hydrogen-bond donors (Lipinski definition) is 2. The van der Waals surface area contributed by atoms with Crippen molar-refractivity contribution < 1.29 is 9.90 Å². The van der Waals surface area contributed by atoms with Crippen LogP contribution in [0.1, 0.15) is 50.2 Å². The summed E-state index contributed by atoms with van der Waals surface area (Å²) in [6, 6.07) is 1.89. The lowest BCUT2D eigenvalue weighted by Gasteiger charge is -2.28. The Morgan fingerprint density at radius 1 is 1.43 bits per heavy atom. The first-order valence-corrected chi connectivity index (χ1v) is 7.50. The normalized spacial score (nSPS) is 11.3. The lowest BCUT2D eigenvalue weighted by atomic mass is 10.1. The standard InChI is InChI=1S/C16H27N3O2/c1-6-8-17-14-9-12(3)18-10-13(14)15(20)19(7-2)11-16(4,5)21/h9-10,21H,6-8,11H2,1-5H3,(H,17,18). The van der Waals surface area contributed by atoms with Gasteiger partial charge < -0.3 is 15.3 Å². The van der Waals surface area contributed by atoms with E-state index in [0.29, 0.717) is 18.7 Å². The molecule has 0 spiro atoms. The molecule has 0 radical (unpaired) electrons. The van der Waals surface area contributed by atoms with Crippen molar-refractivity contribution in [1.29, 1.82) is 0 Å². The predicted molar refractivity (Wildman–Crippen MR) is 85.6 cm³/mol. The smallest absolute Gasteiger partial charge is 0.257 e. The molecule has 1 heterocycles. The van der Waals surface area contributed by atoms with E-state index in [2.05, 4.69) is 17.2 Å². The highest BCUT2D eigenvalue weighted by Gasteiger charge is 2.24. The van der Waals surface area contributed by atoms with Crippen LogP contribution in [0, 0.1) is 6.92 Å². The highest BCUT2D eigenvalue weighted by atomic mass is 16.3. The number of rotatable bonds is 7. The quantitative estimate of drug-likeness (QED) is 0.810. The van der Waals surface area contributed by atoms with E-state index in [-0.39, 0.29) is 5.91 Å². The lowest BCUT2D eigenvalue weighted by molar-refractivity contribution is 0.0315. The van der Waals surface area contributed by atoms with Crippen molar-refractivity contribution in [3.05, 3.63) is 23.5 Å². The number of carbonyl (C=O) groups excluding carboxylic acids is 1. The Hall–Kier alpha value is -1.62. The van der Waals surface area contributed by atoms with Gasteiger partial charge in [-0.2, -0.15) is 0 Å². The minimum Gasteiger partial charge on any atom is -0.389 e. The number of hydrogen-bond acceptors (Lipinski definition) is 4. The van der Waals surface area contributed by atoms with Gasteiger partial charge in [0.05, 0.1) is 16.9 Å². The number of nitrogens with zero attached hydrogens (tertiary/aromatic N) is 2. The molecule has 0 bridgehead atoms. The van der Waals surface area contributed by atoms with Gasteiger partial charge in [-0.3, -0.25) is 9.78 Å². The fourth-order valence-electron chi connectivity index (χ4n) is 2.10. The lowest BCUT2D eigenvalue weighted by Crippen LogP contribution is -2.42. The number of aliphatic hydroxyl groups is 1. The zero-order valence-electron chi connectivity index (χ0n) is 13.7. The van der Waals surface area contributed by atoms with Crippen molar-refractivity contribution in [2.24, 2.45) is 0 Å². The molecule has 5 heteroatoms. The Balaban J connectivity index is 3.04. The molecule has 0 saturated carbocycles. The van der Waals surface area contributed by atoms with Gasteiger partial charge in [0, 0.05) is 31.5 Å². The van der Waals surface area contributed by atoms with Gasteiger partial charge in [-0.25, -0.2) is 0 Å². The topological polar surface area (TPSA) is 65.5 Å². The summed E-state index contributed by atoms with van der Waals surface area (Å²) in [5.41, 5.74) is 1.32. The minimum atomic E-state index is -0.916. The number of aryl methyl sites for hydroxylation is 1. The molecule has 0 aliphatic heterocycles. The minimum absolute atomic E-state index is 0.106. The van der Waals surface area contributed by atoms with Crippen LogP contribution in [-0.4, -0.2) is 46.1 Å². The molecule has 118 valence electrons. The highest BCUT2D eigenvalue weighted by molar-refractivity contribution is 5.99. The zero-order valence-corrected chi connectivity index (χ0v) is 13.7. The van der Waals surface area contributed by atoms with E-state index >= 15 is 0 Å². The molecule has 1 aromatic rings. The Kier molecular flexibility index (Phi) is 6.15. The number of pyridine rings is 1. The number of carbonyl (C=O) groups is 1. The Morgan fingerprint density at radius 2 is 2.10 bits per heavy atom. The second-order valence-corrected chi connectivity index (χ2v) is 5.93. The summed E-state index contributed by atoms with van der Waals surface area (Å²) < 4.78 is 0. The summed E-state index contributed by atoms with van der Waals surface area (Å²) in [6.45, 7) is 10.9. The van der Waals surface area contributed by atoms with E-state index in [1.54, 1.807) is 24.9 Å². The number of likely N-dealkylation sites (N-methyl/N-ethyl adjacent to an activating group) is 1. The second kappa shape index (κ2) is 7.41. The predicted octanol–water partition coefficient (Wildman–Crippen LogP) is 2.44. The fourth-order valence-corrected chi connectivity index (χ4v) is 2.10. The van der Waals surface area contributed by atoms with Crippen LogP contribution in [-0.2, 0) is 0 Å². The van der Waals surface area contributed by atoms with Crippen molar-refractivity contribution in [1.82, 2.24) is 9.88 Å². The summed E-state index contributed by atoms with van der Waals surface area (Å²) in [4.78, 5) is 18.6. The average Bonchev–Trinajstić information content (AvgIpc) is 2.41. The van der Waals surface area contributed by atoms with Gasteiger partial charge in [0.25, 0.3) is 5.91 Å². The van der Waals surface area contributed by atoms with Gasteiger partial charge in [0.2, 0.25) is 0 Å². The first-order valence-electron chi connectivity index (χ1n) is 7.50. The van der Waals surface area contributed by atoms with Crippen molar-refractivity contribution >= 4 is 11.6 Å². The molecule has 1 rings (SSSR count). The molecule has 0 saturated heterocycles. The van der Waals surface area contributed by atoms with Crippen LogP contribution in [0.4, 0.5) is 5.69 Å². The molecule has 21 heavy (non-hydrogen) atoms. The average molecular weight is 293 g/mol. The number of nitrogens with one attached hydrogen (secondary N) is 1. The Labute approximate surface area is 127 Å². The molecule has 1 aromatic heterocycles. The monoisotopic (exact) mass is 293 g/mol. The maximum absolute atomic E-state index is 12.7. The molecule has 2 N–H and O–H groups in total. The number of amides is 1. The van der Waals surface area contributed by atoms with Gasteiger partial charge in [0.1, 0.15) is 0 Å². The van der Waals surface area contributed by atoms with Gasteiger partial charge in [-0.05, 0) is 40.2 Å². The van der Waals surface area contributed by atoms with Gasteiger partial charge in [-0.15, -0.1) is 0 Å². The van der Waals surface area contributed by atoms with Crippen LogP contribution >= 0.6 is 0 Å². The zero-order chi connectivity index (χ0) is 16.0. The Bertz CT molecular complexity index is 481.